The molecule has 104 valence electrons. The van der Waals surface area contributed by atoms with Crippen LogP contribution in [-0.2, 0) is 0 Å². The number of anilines is 1. The molecule has 1 unspecified atom stereocenters. The number of benzene rings is 1. The van der Waals surface area contributed by atoms with E-state index in [0.717, 1.165) is 43.7 Å². The number of nitrogens with one attached hydrogen (secondary N) is 1. The third-order valence-corrected chi connectivity index (χ3v) is 3.64. The Kier molecular flexibility index (Phi) is 4.37. The molecule has 0 bridgehead atoms. The van der Waals surface area contributed by atoms with Crippen molar-refractivity contribution >= 4 is 11.4 Å². The number of nitrogens with zero attached hydrogens (tertiary/aromatic N) is 2. The average molecular weight is 263 g/mol. The lowest BCUT2D eigenvalue weighted by Gasteiger charge is -2.31. The van der Waals surface area contributed by atoms with Gasteiger partial charge in [0.2, 0.25) is 0 Å². The molecule has 0 aromatic heterocycles. The maximum atomic E-state index is 10.8. The van der Waals surface area contributed by atoms with E-state index in [2.05, 4.69) is 17.1 Å². The highest BCUT2D eigenvalue weighted by Crippen LogP contribution is 2.27. The fraction of sp³-hybridized carbons (Fsp3) is 0.571. The van der Waals surface area contributed by atoms with E-state index in [1.807, 2.05) is 13.0 Å². The van der Waals surface area contributed by atoms with Crippen molar-refractivity contribution in [1.82, 2.24) is 5.32 Å². The summed E-state index contributed by atoms with van der Waals surface area (Å²) < 4.78 is 0. The Labute approximate surface area is 113 Å². The maximum Gasteiger partial charge on any atom is 0.269 e. The standard InChI is InChI=1S/C14H21N3O2/c1-3-8-16(13-6-7-15-10-13)14-5-4-12(17(18)19)9-11(14)2/h4-5,9,13,15H,3,6-8,10H2,1-2H3. The normalized spacial score (nSPS) is 18.5. The van der Waals surface area contributed by atoms with Crippen LogP contribution in [0, 0.1) is 17.0 Å². The lowest BCUT2D eigenvalue weighted by molar-refractivity contribution is -0.384. The number of aryl methyl sites for hydroxylation is 1. The molecule has 1 saturated heterocycles. The highest BCUT2D eigenvalue weighted by atomic mass is 16.6. The predicted molar refractivity (Wildman–Crippen MR) is 76.7 cm³/mol. The number of nitro benzene ring substituents is 1. The van der Waals surface area contributed by atoms with Crippen molar-refractivity contribution in [2.45, 2.75) is 32.7 Å². The van der Waals surface area contributed by atoms with Crippen LogP contribution in [0.4, 0.5) is 11.4 Å². The molecule has 1 atom stereocenters. The maximum absolute atomic E-state index is 10.8. The van der Waals surface area contributed by atoms with Gasteiger partial charge >= 0.3 is 0 Å². The molecule has 19 heavy (non-hydrogen) atoms. The summed E-state index contributed by atoms with van der Waals surface area (Å²) in [5, 5.41) is 14.2. The number of non-ortho nitro benzene ring substituents is 1. The number of rotatable bonds is 5. The van der Waals surface area contributed by atoms with Crippen molar-refractivity contribution in [2.24, 2.45) is 0 Å². The van der Waals surface area contributed by atoms with Gasteiger partial charge in [-0.2, -0.15) is 0 Å². The fourth-order valence-corrected chi connectivity index (χ4v) is 2.72. The molecule has 1 aliphatic rings. The Morgan fingerprint density at radius 1 is 1.53 bits per heavy atom. The molecular formula is C14H21N3O2. The molecule has 1 aliphatic heterocycles. The predicted octanol–water partition coefficient (Wildman–Crippen LogP) is 2.48. The van der Waals surface area contributed by atoms with Gasteiger partial charge in [-0.25, -0.2) is 0 Å². The van der Waals surface area contributed by atoms with Gasteiger partial charge in [-0.3, -0.25) is 10.1 Å². The largest absolute Gasteiger partial charge is 0.367 e. The first-order valence-corrected chi connectivity index (χ1v) is 6.86. The second kappa shape index (κ2) is 6.02. The molecule has 2 rings (SSSR count). The topological polar surface area (TPSA) is 58.4 Å². The highest BCUT2D eigenvalue weighted by Gasteiger charge is 2.23. The van der Waals surface area contributed by atoms with E-state index in [-0.39, 0.29) is 10.6 Å². The Morgan fingerprint density at radius 3 is 2.84 bits per heavy atom. The van der Waals surface area contributed by atoms with Crippen LogP contribution in [0.15, 0.2) is 18.2 Å². The molecule has 1 N–H and O–H groups in total. The second-order valence-electron chi connectivity index (χ2n) is 5.07. The summed E-state index contributed by atoms with van der Waals surface area (Å²) >= 11 is 0. The van der Waals surface area contributed by atoms with E-state index in [1.54, 1.807) is 12.1 Å². The Morgan fingerprint density at radius 2 is 2.32 bits per heavy atom. The molecule has 1 aromatic carbocycles. The first kappa shape index (κ1) is 13.8. The van der Waals surface area contributed by atoms with Crippen molar-refractivity contribution in [3.05, 3.63) is 33.9 Å². The molecular weight excluding hydrogens is 242 g/mol. The van der Waals surface area contributed by atoms with Crippen molar-refractivity contribution in [1.29, 1.82) is 0 Å². The Balaban J connectivity index is 2.28. The summed E-state index contributed by atoms with van der Waals surface area (Å²) in [5.41, 5.74) is 2.28. The van der Waals surface area contributed by atoms with Crippen LogP contribution in [0.5, 0.6) is 0 Å². The summed E-state index contributed by atoms with van der Waals surface area (Å²) in [7, 11) is 0. The lowest BCUT2D eigenvalue weighted by Crippen LogP contribution is -2.38. The van der Waals surface area contributed by atoms with Crippen molar-refractivity contribution in [3.63, 3.8) is 0 Å². The molecule has 0 spiro atoms. The Bertz CT molecular complexity index is 456. The lowest BCUT2D eigenvalue weighted by atomic mass is 10.1. The van der Waals surface area contributed by atoms with Crippen LogP contribution in [0.25, 0.3) is 0 Å². The van der Waals surface area contributed by atoms with E-state index in [4.69, 9.17) is 0 Å². The quantitative estimate of drug-likeness (QED) is 0.655. The van der Waals surface area contributed by atoms with E-state index >= 15 is 0 Å². The third kappa shape index (κ3) is 3.04. The number of hydrogen-bond donors (Lipinski definition) is 1. The molecule has 0 radical (unpaired) electrons. The Hall–Kier alpha value is -1.62. The fourth-order valence-electron chi connectivity index (χ4n) is 2.72. The molecule has 0 amide bonds. The SMILES string of the molecule is CCCN(c1ccc([N+](=O)[O-])cc1C)C1CCNC1. The zero-order chi connectivity index (χ0) is 13.8. The van der Waals surface area contributed by atoms with Crippen molar-refractivity contribution < 1.29 is 4.92 Å². The average Bonchev–Trinajstić information content (AvgIpc) is 2.90. The molecule has 1 heterocycles. The highest BCUT2D eigenvalue weighted by molar-refractivity contribution is 5.58. The van der Waals surface area contributed by atoms with Gasteiger partial charge in [0, 0.05) is 37.0 Å². The van der Waals surface area contributed by atoms with Gasteiger partial charge in [0.15, 0.2) is 0 Å². The van der Waals surface area contributed by atoms with Gasteiger partial charge in [-0.05, 0) is 37.9 Å². The van der Waals surface area contributed by atoms with Crippen molar-refractivity contribution in [2.75, 3.05) is 24.5 Å². The number of hydrogen-bond acceptors (Lipinski definition) is 4. The second-order valence-corrected chi connectivity index (χ2v) is 5.07. The minimum Gasteiger partial charge on any atom is -0.367 e. The van der Waals surface area contributed by atoms with Crippen molar-refractivity contribution in [3.8, 4) is 0 Å². The summed E-state index contributed by atoms with van der Waals surface area (Å²) in [5.74, 6) is 0. The summed E-state index contributed by atoms with van der Waals surface area (Å²) in [6.45, 7) is 7.15. The van der Waals surface area contributed by atoms with Gasteiger partial charge in [-0.15, -0.1) is 0 Å². The van der Waals surface area contributed by atoms with Gasteiger partial charge in [0.05, 0.1) is 4.92 Å². The zero-order valence-corrected chi connectivity index (χ0v) is 11.6. The van der Waals surface area contributed by atoms with Crippen LogP contribution in [-0.4, -0.2) is 30.6 Å². The van der Waals surface area contributed by atoms with E-state index < -0.39 is 0 Å². The van der Waals surface area contributed by atoms with E-state index in [0.29, 0.717) is 6.04 Å². The molecule has 5 nitrogen and oxygen atoms in total. The minimum atomic E-state index is -0.335. The molecule has 1 aromatic rings. The monoisotopic (exact) mass is 263 g/mol. The first-order valence-electron chi connectivity index (χ1n) is 6.86. The van der Waals surface area contributed by atoms with Crippen LogP contribution < -0.4 is 10.2 Å². The van der Waals surface area contributed by atoms with Gasteiger partial charge < -0.3 is 10.2 Å². The molecule has 5 heteroatoms. The van der Waals surface area contributed by atoms with Gasteiger partial charge in [0.25, 0.3) is 5.69 Å². The van der Waals surface area contributed by atoms with Crippen LogP contribution in [0.2, 0.25) is 0 Å². The molecule has 1 fully saturated rings. The number of nitro groups is 1. The first-order chi connectivity index (χ1) is 9.13. The summed E-state index contributed by atoms with van der Waals surface area (Å²) in [6.07, 6.45) is 2.21. The van der Waals surface area contributed by atoms with Crippen LogP contribution >= 0.6 is 0 Å². The minimum absolute atomic E-state index is 0.169. The molecule has 0 saturated carbocycles. The van der Waals surface area contributed by atoms with Crippen LogP contribution in [0.1, 0.15) is 25.3 Å². The smallest absolute Gasteiger partial charge is 0.269 e. The van der Waals surface area contributed by atoms with E-state index in [1.165, 1.54) is 0 Å². The van der Waals surface area contributed by atoms with Gasteiger partial charge in [0.1, 0.15) is 0 Å². The summed E-state index contributed by atoms with van der Waals surface area (Å²) in [4.78, 5) is 12.9. The van der Waals surface area contributed by atoms with Gasteiger partial charge in [-0.1, -0.05) is 6.92 Å². The van der Waals surface area contributed by atoms with E-state index in [9.17, 15) is 10.1 Å². The molecule has 0 aliphatic carbocycles. The third-order valence-electron chi connectivity index (χ3n) is 3.64. The zero-order valence-electron chi connectivity index (χ0n) is 11.6. The van der Waals surface area contributed by atoms with Crippen LogP contribution in [0.3, 0.4) is 0 Å². The summed E-state index contributed by atoms with van der Waals surface area (Å²) in [6, 6.07) is 5.66.